The normalized spacial score (nSPS) is 13.2. The molecule has 1 aliphatic rings. The van der Waals surface area contributed by atoms with E-state index in [1.165, 1.54) is 28.3 Å². The van der Waals surface area contributed by atoms with Crippen LogP contribution in [-0.4, -0.2) is 46.8 Å². The molecule has 168 valence electrons. The third-order valence-corrected chi connectivity index (χ3v) is 5.44. The topological polar surface area (TPSA) is 115 Å². The second-order valence-electron chi connectivity index (χ2n) is 7.60. The van der Waals surface area contributed by atoms with E-state index in [9.17, 15) is 18.4 Å². The number of hydrogen-bond acceptors (Lipinski definition) is 7. The number of nitrogens with one attached hydrogen (secondary N) is 1. The molecule has 10 nitrogen and oxygen atoms in total. The second-order valence-corrected chi connectivity index (χ2v) is 7.60. The quantitative estimate of drug-likeness (QED) is 0.459. The summed E-state index contributed by atoms with van der Waals surface area (Å²) in [5, 5.41) is 10.7. The summed E-state index contributed by atoms with van der Waals surface area (Å²) in [6.45, 7) is 2.28. The molecule has 0 spiro atoms. The molecule has 0 unspecified atom stereocenters. The lowest BCUT2D eigenvalue weighted by Crippen LogP contribution is -2.38. The lowest BCUT2D eigenvalue weighted by atomic mass is 10.2. The smallest absolute Gasteiger partial charge is 0.343 e. The summed E-state index contributed by atoms with van der Waals surface area (Å²) in [5.41, 5.74) is 0.562. The summed E-state index contributed by atoms with van der Waals surface area (Å²) in [4.78, 5) is 33.9. The fourth-order valence-electron chi connectivity index (χ4n) is 3.77. The maximum Gasteiger partial charge on any atom is 0.343 e. The Morgan fingerprint density at radius 3 is 2.79 bits per heavy atom. The highest BCUT2D eigenvalue weighted by Gasteiger charge is 2.24. The van der Waals surface area contributed by atoms with Gasteiger partial charge in [-0.25, -0.2) is 28.6 Å². The van der Waals surface area contributed by atoms with Crippen LogP contribution in [0.1, 0.15) is 28.8 Å². The number of nitrogens with zero attached hydrogens (tertiary/aromatic N) is 7. The van der Waals surface area contributed by atoms with Gasteiger partial charge in [0.15, 0.2) is 29.1 Å². The van der Waals surface area contributed by atoms with Gasteiger partial charge in [0.2, 0.25) is 0 Å². The predicted octanol–water partition coefficient (Wildman–Crippen LogP) is 1.77. The number of fused-ring (bicyclic) bond motifs is 1. The fourth-order valence-corrected chi connectivity index (χ4v) is 3.77. The van der Waals surface area contributed by atoms with Crippen molar-refractivity contribution in [2.75, 3.05) is 11.4 Å². The van der Waals surface area contributed by atoms with Gasteiger partial charge in [0, 0.05) is 25.6 Å². The standard InChI is InChI=1S/C21H18F2N8O2/c1-12(32)17-8-16(28-31(17)10-13-4-2-3-5-14(13)22)19-24-9-15(23)20(25-19)29-6-7-30-18(11-29)26-27-21(30)33/h2-5,8-9H,6-7,10-11H2,1H3,(H,27,33). The van der Waals surface area contributed by atoms with E-state index in [1.807, 2.05) is 0 Å². The van der Waals surface area contributed by atoms with Crippen molar-refractivity contribution in [1.82, 2.24) is 34.5 Å². The Balaban J connectivity index is 1.49. The van der Waals surface area contributed by atoms with Crippen molar-refractivity contribution in [2.45, 2.75) is 26.6 Å². The highest BCUT2D eigenvalue weighted by Crippen LogP contribution is 2.24. The molecule has 0 aliphatic carbocycles. The molecule has 4 heterocycles. The van der Waals surface area contributed by atoms with E-state index >= 15 is 0 Å². The molecule has 1 aliphatic heterocycles. The molecule has 33 heavy (non-hydrogen) atoms. The van der Waals surface area contributed by atoms with Crippen LogP contribution < -0.4 is 10.6 Å². The largest absolute Gasteiger partial charge is 0.345 e. The zero-order chi connectivity index (χ0) is 23.1. The molecular formula is C21H18F2N8O2. The molecule has 1 aromatic carbocycles. The van der Waals surface area contributed by atoms with Crippen LogP contribution in [0.25, 0.3) is 11.5 Å². The van der Waals surface area contributed by atoms with Gasteiger partial charge in [-0.1, -0.05) is 18.2 Å². The summed E-state index contributed by atoms with van der Waals surface area (Å²) in [6.07, 6.45) is 1.03. The van der Waals surface area contributed by atoms with E-state index in [-0.39, 0.29) is 47.6 Å². The molecule has 0 atom stereocenters. The van der Waals surface area contributed by atoms with Crippen molar-refractivity contribution in [1.29, 1.82) is 0 Å². The number of Topliss-reactive ketones (excluding diaryl/α,β-unsaturated/α-hetero) is 1. The molecule has 0 saturated heterocycles. The summed E-state index contributed by atoms with van der Waals surface area (Å²) in [5.74, 6) is -0.686. The summed E-state index contributed by atoms with van der Waals surface area (Å²) in [6, 6.07) is 7.72. The minimum absolute atomic E-state index is 0.0368. The number of aromatic nitrogens is 7. The van der Waals surface area contributed by atoms with Crippen LogP contribution in [0.5, 0.6) is 0 Å². The Morgan fingerprint density at radius 2 is 2.00 bits per heavy atom. The lowest BCUT2D eigenvalue weighted by molar-refractivity contribution is 0.100. The van der Waals surface area contributed by atoms with Crippen molar-refractivity contribution in [3.05, 3.63) is 75.7 Å². The number of aromatic amines is 1. The van der Waals surface area contributed by atoms with Crippen LogP contribution in [0.15, 0.2) is 41.3 Å². The van der Waals surface area contributed by atoms with Gasteiger partial charge in [0.1, 0.15) is 17.2 Å². The van der Waals surface area contributed by atoms with Gasteiger partial charge in [0.25, 0.3) is 0 Å². The van der Waals surface area contributed by atoms with E-state index in [4.69, 9.17) is 0 Å². The van der Waals surface area contributed by atoms with Crippen molar-refractivity contribution in [3.63, 3.8) is 0 Å². The SMILES string of the molecule is CC(=O)c1cc(-c2ncc(F)c(N3CCn4c(n[nH]c4=O)C3)n2)nn1Cc1ccccc1F. The molecule has 5 rings (SSSR count). The Morgan fingerprint density at radius 1 is 1.18 bits per heavy atom. The Kier molecular flexibility index (Phi) is 5.04. The van der Waals surface area contributed by atoms with Crippen molar-refractivity contribution in [2.24, 2.45) is 0 Å². The van der Waals surface area contributed by atoms with Crippen LogP contribution in [0.2, 0.25) is 0 Å². The van der Waals surface area contributed by atoms with Gasteiger partial charge in [-0.15, -0.1) is 0 Å². The van der Waals surface area contributed by atoms with E-state index in [1.54, 1.807) is 23.1 Å². The summed E-state index contributed by atoms with van der Waals surface area (Å²) >= 11 is 0. The number of anilines is 1. The molecule has 12 heteroatoms. The van der Waals surface area contributed by atoms with Crippen molar-refractivity contribution < 1.29 is 13.6 Å². The van der Waals surface area contributed by atoms with Crippen molar-refractivity contribution >= 4 is 11.6 Å². The molecule has 0 saturated carbocycles. The highest BCUT2D eigenvalue weighted by molar-refractivity contribution is 5.93. The molecule has 4 aromatic rings. The number of hydrogen-bond donors (Lipinski definition) is 1. The summed E-state index contributed by atoms with van der Waals surface area (Å²) in [7, 11) is 0. The first-order valence-corrected chi connectivity index (χ1v) is 10.1. The zero-order valence-corrected chi connectivity index (χ0v) is 17.5. The van der Waals surface area contributed by atoms with Crippen LogP contribution >= 0.6 is 0 Å². The number of halogens is 2. The van der Waals surface area contributed by atoms with Gasteiger partial charge in [0.05, 0.1) is 19.3 Å². The molecule has 0 fully saturated rings. The Labute approximate surface area is 185 Å². The third-order valence-electron chi connectivity index (χ3n) is 5.44. The maximum absolute atomic E-state index is 14.6. The number of carbonyl (C=O) groups is 1. The van der Waals surface area contributed by atoms with Crippen LogP contribution in [-0.2, 0) is 19.6 Å². The number of benzene rings is 1. The first kappa shape index (κ1) is 20.7. The average Bonchev–Trinajstić information content (AvgIpc) is 3.39. The predicted molar refractivity (Wildman–Crippen MR) is 113 cm³/mol. The van der Waals surface area contributed by atoms with Gasteiger partial charge >= 0.3 is 5.69 Å². The van der Waals surface area contributed by atoms with Gasteiger partial charge in [-0.2, -0.15) is 10.2 Å². The molecule has 1 N–H and O–H groups in total. The summed E-state index contributed by atoms with van der Waals surface area (Å²) < 4.78 is 31.6. The first-order valence-electron chi connectivity index (χ1n) is 10.1. The monoisotopic (exact) mass is 452 g/mol. The van der Waals surface area contributed by atoms with E-state index in [2.05, 4.69) is 25.3 Å². The third kappa shape index (κ3) is 3.79. The molecule has 0 amide bonds. The molecule has 0 bridgehead atoms. The minimum atomic E-state index is -0.636. The minimum Gasteiger partial charge on any atom is -0.345 e. The van der Waals surface area contributed by atoms with Crippen LogP contribution in [0.3, 0.4) is 0 Å². The van der Waals surface area contributed by atoms with Crippen LogP contribution in [0, 0.1) is 11.6 Å². The van der Waals surface area contributed by atoms with E-state index in [0.717, 1.165) is 6.20 Å². The van der Waals surface area contributed by atoms with Gasteiger partial charge in [-0.3, -0.25) is 14.0 Å². The van der Waals surface area contributed by atoms with Crippen molar-refractivity contribution in [3.8, 4) is 11.5 Å². The maximum atomic E-state index is 14.6. The number of carbonyl (C=O) groups excluding carboxylic acids is 1. The number of rotatable bonds is 5. The number of H-pyrrole nitrogens is 1. The molecule has 3 aromatic heterocycles. The average molecular weight is 452 g/mol. The number of ketones is 1. The van der Waals surface area contributed by atoms with Gasteiger partial charge in [-0.05, 0) is 12.1 Å². The Hall–Kier alpha value is -4.22. The van der Waals surface area contributed by atoms with E-state index in [0.29, 0.717) is 24.5 Å². The van der Waals surface area contributed by atoms with E-state index < -0.39 is 11.6 Å². The van der Waals surface area contributed by atoms with Gasteiger partial charge < -0.3 is 4.90 Å². The highest BCUT2D eigenvalue weighted by atomic mass is 19.1. The first-order chi connectivity index (χ1) is 15.9. The molecule has 0 radical (unpaired) electrons. The second kappa shape index (κ2) is 8.04. The Bertz CT molecular complexity index is 1420. The molecular weight excluding hydrogens is 434 g/mol. The van der Waals surface area contributed by atoms with Crippen LogP contribution in [0.4, 0.5) is 14.6 Å². The lowest BCUT2D eigenvalue weighted by Gasteiger charge is -2.27. The fraction of sp³-hybridized carbons (Fsp3) is 0.238. The zero-order valence-electron chi connectivity index (χ0n) is 17.5.